The van der Waals surface area contributed by atoms with Gasteiger partial charge in [-0.2, -0.15) is 0 Å². The third-order valence-electron chi connectivity index (χ3n) is 6.85. The quantitative estimate of drug-likeness (QED) is 0.491. The lowest BCUT2D eigenvalue weighted by Gasteiger charge is -2.35. The predicted molar refractivity (Wildman–Crippen MR) is 142 cm³/mol. The number of carbonyl (C=O) groups excluding carboxylic acids is 2. The fourth-order valence-corrected chi connectivity index (χ4v) is 4.89. The van der Waals surface area contributed by atoms with Crippen LogP contribution in [0.3, 0.4) is 0 Å². The normalized spacial score (nSPS) is 14.9. The number of piperidine rings is 1. The Bertz CT molecular complexity index is 1110. The van der Waals surface area contributed by atoms with Crippen molar-refractivity contribution in [3.63, 3.8) is 0 Å². The van der Waals surface area contributed by atoms with Crippen molar-refractivity contribution in [2.45, 2.75) is 44.7 Å². The van der Waals surface area contributed by atoms with Gasteiger partial charge in [-0.05, 0) is 42.5 Å². The highest BCUT2D eigenvalue weighted by Gasteiger charge is 2.27. The Morgan fingerprint density at radius 1 is 0.914 bits per heavy atom. The van der Waals surface area contributed by atoms with Crippen LogP contribution >= 0.6 is 0 Å². The molecule has 0 saturated carbocycles. The lowest BCUT2D eigenvalue weighted by molar-refractivity contribution is -0.123. The fourth-order valence-electron chi connectivity index (χ4n) is 4.89. The molecule has 1 fully saturated rings. The molecule has 0 radical (unpaired) electrons. The van der Waals surface area contributed by atoms with Crippen LogP contribution in [0.2, 0.25) is 0 Å². The topological polar surface area (TPSA) is 52.7 Å². The average molecular weight is 470 g/mol. The molecule has 5 nitrogen and oxygen atoms in total. The maximum Gasteiger partial charge on any atom is 0.256 e. The molecule has 1 heterocycles. The van der Waals surface area contributed by atoms with Gasteiger partial charge < -0.3 is 15.1 Å². The van der Waals surface area contributed by atoms with Crippen molar-refractivity contribution in [1.29, 1.82) is 0 Å². The van der Waals surface area contributed by atoms with Crippen molar-refractivity contribution < 1.29 is 9.59 Å². The van der Waals surface area contributed by atoms with Crippen LogP contribution in [0, 0.1) is 0 Å². The van der Waals surface area contributed by atoms with Gasteiger partial charge in [0, 0.05) is 38.4 Å². The first-order valence-corrected chi connectivity index (χ1v) is 12.6. The van der Waals surface area contributed by atoms with E-state index in [2.05, 4.69) is 17.1 Å². The van der Waals surface area contributed by atoms with Gasteiger partial charge in [-0.25, -0.2) is 0 Å². The molecule has 1 N–H and O–H groups in total. The zero-order valence-electron chi connectivity index (χ0n) is 20.7. The van der Waals surface area contributed by atoms with Crippen molar-refractivity contribution in [3.05, 3.63) is 102 Å². The molecule has 182 valence electrons. The lowest BCUT2D eigenvalue weighted by atomic mass is 9.94. The molecular formula is C30H35N3O2. The molecule has 1 aliphatic rings. The molecule has 3 aromatic rings. The molecular weight excluding hydrogens is 434 g/mol. The third-order valence-corrected chi connectivity index (χ3v) is 6.85. The fraction of sp³-hybridized carbons (Fsp3) is 0.333. The summed E-state index contributed by atoms with van der Waals surface area (Å²) in [5.74, 6) is 0.0107. The summed E-state index contributed by atoms with van der Waals surface area (Å²) < 4.78 is 0. The molecule has 0 aromatic heterocycles. The van der Waals surface area contributed by atoms with Crippen LogP contribution in [-0.4, -0.2) is 42.9 Å². The Morgan fingerprint density at radius 3 is 2.17 bits per heavy atom. The van der Waals surface area contributed by atoms with E-state index in [1.54, 1.807) is 4.90 Å². The highest BCUT2D eigenvalue weighted by Crippen LogP contribution is 2.26. The van der Waals surface area contributed by atoms with Gasteiger partial charge in [-0.15, -0.1) is 0 Å². The number of carbonyl (C=O) groups is 2. The van der Waals surface area contributed by atoms with E-state index in [4.69, 9.17) is 0 Å². The molecule has 4 rings (SSSR count). The smallest absolute Gasteiger partial charge is 0.256 e. The summed E-state index contributed by atoms with van der Waals surface area (Å²) in [5.41, 5.74) is 3.87. The molecule has 1 saturated heterocycles. The van der Waals surface area contributed by atoms with Crippen molar-refractivity contribution >= 4 is 17.5 Å². The minimum Gasteiger partial charge on any atom is -0.371 e. The van der Waals surface area contributed by atoms with E-state index in [-0.39, 0.29) is 23.8 Å². The molecule has 35 heavy (non-hydrogen) atoms. The zero-order chi connectivity index (χ0) is 24.6. The van der Waals surface area contributed by atoms with Crippen LogP contribution in [-0.2, 0) is 11.3 Å². The second kappa shape index (κ2) is 11.7. The third kappa shape index (κ3) is 6.10. The Hall–Kier alpha value is -3.60. The van der Waals surface area contributed by atoms with Crippen molar-refractivity contribution in [2.24, 2.45) is 0 Å². The monoisotopic (exact) mass is 469 g/mol. The molecule has 0 spiro atoms. The minimum atomic E-state index is -0.118. The first kappa shape index (κ1) is 24.5. The van der Waals surface area contributed by atoms with Gasteiger partial charge in [0.25, 0.3) is 5.91 Å². The maximum absolute atomic E-state index is 13.3. The summed E-state index contributed by atoms with van der Waals surface area (Å²) in [6, 6.07) is 28.1. The van der Waals surface area contributed by atoms with E-state index < -0.39 is 0 Å². The average Bonchev–Trinajstić information content (AvgIpc) is 2.90. The van der Waals surface area contributed by atoms with Crippen molar-refractivity contribution in [2.75, 3.05) is 25.0 Å². The van der Waals surface area contributed by atoms with Crippen LogP contribution in [0.4, 0.5) is 5.69 Å². The summed E-state index contributed by atoms with van der Waals surface area (Å²) in [7, 11) is 1.85. The Labute approximate surface area is 208 Å². The second-order valence-electron chi connectivity index (χ2n) is 9.31. The zero-order valence-corrected chi connectivity index (χ0v) is 20.7. The van der Waals surface area contributed by atoms with Gasteiger partial charge >= 0.3 is 0 Å². The molecule has 0 aliphatic carbocycles. The van der Waals surface area contributed by atoms with E-state index in [9.17, 15) is 9.59 Å². The van der Waals surface area contributed by atoms with Crippen LogP contribution in [0.15, 0.2) is 84.9 Å². The molecule has 3 aromatic carbocycles. The molecule has 1 atom stereocenters. The number of rotatable bonds is 8. The summed E-state index contributed by atoms with van der Waals surface area (Å²) in [6.07, 6.45) is 2.50. The predicted octanol–water partition coefficient (Wildman–Crippen LogP) is 5.24. The van der Waals surface area contributed by atoms with Gasteiger partial charge in [0.15, 0.2) is 0 Å². The second-order valence-corrected chi connectivity index (χ2v) is 9.31. The van der Waals surface area contributed by atoms with Crippen LogP contribution < -0.4 is 10.2 Å². The number of anilines is 1. The number of amides is 2. The first-order chi connectivity index (χ1) is 17.1. The standard InChI is InChI=1S/C30H35N3O2/c1-3-26(24-14-8-5-9-15-24)29(34)31-25-18-20-33(21-19-25)28-17-11-10-16-27(28)30(35)32(2)22-23-12-6-4-7-13-23/h4-17,25-26H,3,18-22H2,1-2H3,(H,31,34)/t26-/m0/s1. The number of hydrogen-bond acceptors (Lipinski definition) is 3. The first-order valence-electron chi connectivity index (χ1n) is 12.6. The van der Waals surface area contributed by atoms with Crippen molar-refractivity contribution in [3.8, 4) is 0 Å². The summed E-state index contributed by atoms with van der Waals surface area (Å²) in [6.45, 7) is 4.24. The van der Waals surface area contributed by atoms with Gasteiger partial charge in [0.1, 0.15) is 0 Å². The molecule has 0 bridgehead atoms. The number of nitrogens with one attached hydrogen (secondary N) is 1. The van der Waals surface area contributed by atoms with Gasteiger partial charge in [0.05, 0.1) is 11.5 Å². The highest BCUT2D eigenvalue weighted by atomic mass is 16.2. The maximum atomic E-state index is 13.3. The van der Waals surface area contributed by atoms with Crippen LogP contribution in [0.1, 0.15) is 53.6 Å². The van der Waals surface area contributed by atoms with E-state index in [0.717, 1.165) is 54.7 Å². The Balaban J connectivity index is 1.37. The van der Waals surface area contributed by atoms with Gasteiger partial charge in [-0.3, -0.25) is 9.59 Å². The Kier molecular flexibility index (Phi) is 8.19. The number of hydrogen-bond donors (Lipinski definition) is 1. The van der Waals surface area contributed by atoms with E-state index in [0.29, 0.717) is 6.54 Å². The minimum absolute atomic E-state index is 0.0218. The lowest BCUT2D eigenvalue weighted by Crippen LogP contribution is -2.46. The Morgan fingerprint density at radius 2 is 1.51 bits per heavy atom. The molecule has 2 amide bonds. The van der Waals surface area contributed by atoms with Crippen molar-refractivity contribution in [1.82, 2.24) is 10.2 Å². The molecule has 1 aliphatic heterocycles. The van der Waals surface area contributed by atoms with Crippen LogP contribution in [0.5, 0.6) is 0 Å². The van der Waals surface area contributed by atoms with Crippen LogP contribution in [0.25, 0.3) is 0 Å². The van der Waals surface area contributed by atoms with Gasteiger partial charge in [0.2, 0.25) is 5.91 Å². The summed E-state index contributed by atoms with van der Waals surface area (Å²) in [4.78, 5) is 30.3. The highest BCUT2D eigenvalue weighted by molar-refractivity contribution is 5.99. The number of benzene rings is 3. The van der Waals surface area contributed by atoms with E-state index >= 15 is 0 Å². The number of para-hydroxylation sites is 1. The largest absolute Gasteiger partial charge is 0.371 e. The number of nitrogens with zero attached hydrogens (tertiary/aromatic N) is 2. The van der Waals surface area contributed by atoms with E-state index in [1.165, 1.54) is 0 Å². The molecule has 0 unspecified atom stereocenters. The molecule has 5 heteroatoms. The summed E-state index contributed by atoms with van der Waals surface area (Å²) in [5, 5.41) is 3.28. The van der Waals surface area contributed by atoms with E-state index in [1.807, 2.05) is 92.0 Å². The summed E-state index contributed by atoms with van der Waals surface area (Å²) >= 11 is 0. The van der Waals surface area contributed by atoms with Gasteiger partial charge in [-0.1, -0.05) is 79.7 Å². The SMILES string of the molecule is CC[C@H](C(=O)NC1CCN(c2ccccc2C(=O)N(C)Cc2ccccc2)CC1)c1ccccc1.